The Bertz CT molecular complexity index is 936. The fourth-order valence-corrected chi connectivity index (χ4v) is 4.75. The Morgan fingerprint density at radius 1 is 1.28 bits per heavy atom. The van der Waals surface area contributed by atoms with Gasteiger partial charge in [0.2, 0.25) is 15.9 Å². The maximum absolute atomic E-state index is 12.2. The normalized spacial score (nSPS) is 24.4. The van der Waals surface area contributed by atoms with Crippen molar-refractivity contribution in [1.29, 1.82) is 0 Å². The Labute approximate surface area is 169 Å². The van der Waals surface area contributed by atoms with Crippen LogP contribution in [0.3, 0.4) is 0 Å². The minimum atomic E-state index is -3.23. The topological polar surface area (TPSA) is 108 Å². The predicted octanol–water partition coefficient (Wildman–Crippen LogP) is -0.00950. The summed E-state index contributed by atoms with van der Waals surface area (Å²) in [6.45, 7) is 3.80. The van der Waals surface area contributed by atoms with E-state index in [4.69, 9.17) is 9.47 Å². The summed E-state index contributed by atoms with van der Waals surface area (Å²) in [6, 6.07) is 5.48. The molecule has 0 saturated carbocycles. The molecule has 2 saturated heterocycles. The number of cyclic esters (lactones) is 1. The summed E-state index contributed by atoms with van der Waals surface area (Å²) in [5, 5.41) is 2.65. The standard InChI is InChI=1S/C18H24N4O6S/c1-12(23)19-8-15-10-22(18(24)28-15)13-3-4-16-17(7-13)27-11-14-9-20(29(2,25)26)5-6-21(14)16/h3-4,7,14-15H,5-6,8-11H2,1-2H3,(H,19,23)/t14?,15-/m0/s1. The van der Waals surface area contributed by atoms with Crippen molar-refractivity contribution in [2.24, 2.45) is 0 Å². The minimum Gasteiger partial charge on any atom is -0.489 e. The first-order chi connectivity index (χ1) is 13.7. The Kier molecular flexibility index (Phi) is 5.03. The van der Waals surface area contributed by atoms with Crippen molar-refractivity contribution in [3.8, 4) is 5.75 Å². The summed E-state index contributed by atoms with van der Waals surface area (Å²) in [4.78, 5) is 27.0. The van der Waals surface area contributed by atoms with Gasteiger partial charge >= 0.3 is 6.09 Å². The molecule has 3 aliphatic heterocycles. The zero-order chi connectivity index (χ0) is 20.8. The van der Waals surface area contributed by atoms with Gasteiger partial charge in [0.15, 0.2) is 0 Å². The number of nitrogens with zero attached hydrogens (tertiary/aromatic N) is 3. The largest absolute Gasteiger partial charge is 0.489 e. The average molecular weight is 424 g/mol. The molecule has 1 aromatic carbocycles. The maximum atomic E-state index is 12.2. The van der Waals surface area contributed by atoms with Crippen LogP contribution in [0, 0.1) is 0 Å². The van der Waals surface area contributed by atoms with Gasteiger partial charge in [-0.1, -0.05) is 0 Å². The van der Waals surface area contributed by atoms with Gasteiger partial charge in [0.25, 0.3) is 0 Å². The van der Waals surface area contributed by atoms with Gasteiger partial charge in [-0.2, -0.15) is 4.31 Å². The molecule has 0 aromatic heterocycles. The van der Waals surface area contributed by atoms with E-state index in [9.17, 15) is 18.0 Å². The molecular formula is C18H24N4O6S. The number of sulfonamides is 1. The van der Waals surface area contributed by atoms with E-state index >= 15 is 0 Å². The molecule has 1 N–H and O–H groups in total. The average Bonchev–Trinajstić information content (AvgIpc) is 3.05. The number of anilines is 2. The van der Waals surface area contributed by atoms with Gasteiger partial charge in [0, 0.05) is 32.6 Å². The highest BCUT2D eigenvalue weighted by Crippen LogP contribution is 2.39. The summed E-state index contributed by atoms with van der Waals surface area (Å²) in [5.41, 5.74) is 1.55. The van der Waals surface area contributed by atoms with E-state index in [1.54, 1.807) is 6.07 Å². The Morgan fingerprint density at radius 2 is 2.07 bits per heavy atom. The molecule has 2 fully saturated rings. The van der Waals surface area contributed by atoms with Crippen LogP contribution in [0.5, 0.6) is 5.75 Å². The van der Waals surface area contributed by atoms with Crippen molar-refractivity contribution < 1.29 is 27.5 Å². The molecule has 3 heterocycles. The zero-order valence-corrected chi connectivity index (χ0v) is 17.1. The van der Waals surface area contributed by atoms with Gasteiger partial charge in [-0.3, -0.25) is 9.69 Å². The van der Waals surface area contributed by atoms with Crippen LogP contribution in [0.2, 0.25) is 0 Å². The van der Waals surface area contributed by atoms with Gasteiger partial charge < -0.3 is 19.7 Å². The van der Waals surface area contributed by atoms with Crippen molar-refractivity contribution in [1.82, 2.24) is 9.62 Å². The summed E-state index contributed by atoms with van der Waals surface area (Å²) < 4.78 is 36.4. The van der Waals surface area contributed by atoms with E-state index in [1.807, 2.05) is 12.1 Å². The van der Waals surface area contributed by atoms with Crippen LogP contribution in [0.4, 0.5) is 16.2 Å². The molecule has 1 unspecified atom stereocenters. The van der Waals surface area contributed by atoms with Crippen molar-refractivity contribution >= 4 is 33.4 Å². The SMILES string of the molecule is CC(=O)NC[C@H]1CN(c2ccc3c(c2)OCC2CN(S(C)(=O)=O)CCN32)C(=O)O1. The zero-order valence-electron chi connectivity index (χ0n) is 16.3. The number of rotatable bonds is 4. The number of carbonyl (C=O) groups excluding carboxylic acids is 2. The number of amides is 2. The first kappa shape index (κ1) is 19.8. The molecule has 0 spiro atoms. The Balaban J connectivity index is 1.48. The van der Waals surface area contributed by atoms with E-state index in [0.717, 1.165) is 5.69 Å². The number of fused-ring (bicyclic) bond motifs is 3. The van der Waals surface area contributed by atoms with Gasteiger partial charge in [0.1, 0.15) is 18.5 Å². The molecule has 10 nitrogen and oxygen atoms in total. The molecule has 3 aliphatic rings. The van der Waals surface area contributed by atoms with E-state index in [1.165, 1.54) is 22.4 Å². The van der Waals surface area contributed by atoms with Crippen LogP contribution in [0.15, 0.2) is 18.2 Å². The van der Waals surface area contributed by atoms with Gasteiger partial charge in [-0.05, 0) is 12.1 Å². The smallest absolute Gasteiger partial charge is 0.414 e. The van der Waals surface area contributed by atoms with Crippen molar-refractivity contribution in [3.05, 3.63) is 18.2 Å². The van der Waals surface area contributed by atoms with Gasteiger partial charge in [-0.25, -0.2) is 13.2 Å². The van der Waals surface area contributed by atoms with Gasteiger partial charge in [0.05, 0.1) is 36.8 Å². The highest BCUT2D eigenvalue weighted by molar-refractivity contribution is 7.88. The molecule has 0 radical (unpaired) electrons. The first-order valence-corrected chi connectivity index (χ1v) is 11.3. The van der Waals surface area contributed by atoms with Crippen LogP contribution in [-0.2, 0) is 19.6 Å². The summed E-state index contributed by atoms with van der Waals surface area (Å²) >= 11 is 0. The van der Waals surface area contributed by atoms with Crippen LogP contribution in [-0.4, -0.2) is 82.5 Å². The number of piperazine rings is 1. The number of ether oxygens (including phenoxy) is 2. The Hall–Kier alpha value is -2.53. The van der Waals surface area contributed by atoms with E-state index in [2.05, 4.69) is 10.2 Å². The van der Waals surface area contributed by atoms with Crippen LogP contribution >= 0.6 is 0 Å². The molecule has 2 amide bonds. The predicted molar refractivity (Wildman–Crippen MR) is 106 cm³/mol. The third-order valence-corrected chi connectivity index (χ3v) is 6.63. The first-order valence-electron chi connectivity index (χ1n) is 9.43. The Morgan fingerprint density at radius 3 is 2.79 bits per heavy atom. The number of nitrogens with one attached hydrogen (secondary N) is 1. The molecule has 2 atom stereocenters. The van der Waals surface area contributed by atoms with E-state index in [-0.39, 0.29) is 18.5 Å². The fraction of sp³-hybridized carbons (Fsp3) is 0.556. The number of carbonyl (C=O) groups is 2. The molecule has 1 aromatic rings. The number of hydrogen-bond acceptors (Lipinski definition) is 7. The van der Waals surface area contributed by atoms with Crippen LogP contribution in [0.1, 0.15) is 6.92 Å². The summed E-state index contributed by atoms with van der Waals surface area (Å²) in [7, 11) is -3.23. The second-order valence-electron chi connectivity index (χ2n) is 7.48. The highest BCUT2D eigenvalue weighted by atomic mass is 32.2. The van der Waals surface area contributed by atoms with E-state index < -0.39 is 22.2 Å². The number of benzene rings is 1. The highest BCUT2D eigenvalue weighted by Gasteiger charge is 2.37. The molecular weight excluding hydrogens is 400 g/mol. The summed E-state index contributed by atoms with van der Waals surface area (Å²) in [6.07, 6.45) is 0.355. The minimum absolute atomic E-state index is 0.0457. The van der Waals surface area contributed by atoms with Gasteiger partial charge in [-0.15, -0.1) is 0 Å². The fourth-order valence-electron chi connectivity index (χ4n) is 3.89. The molecule has 29 heavy (non-hydrogen) atoms. The molecule has 158 valence electrons. The third kappa shape index (κ3) is 3.97. The van der Waals surface area contributed by atoms with Crippen molar-refractivity contribution in [2.45, 2.75) is 19.1 Å². The lowest BCUT2D eigenvalue weighted by molar-refractivity contribution is -0.119. The molecule has 0 aliphatic carbocycles. The maximum Gasteiger partial charge on any atom is 0.414 e. The molecule has 4 rings (SSSR count). The van der Waals surface area contributed by atoms with Crippen LogP contribution in [0.25, 0.3) is 0 Å². The second kappa shape index (κ2) is 7.38. The lowest BCUT2D eigenvalue weighted by Gasteiger charge is -2.44. The lowest BCUT2D eigenvalue weighted by Crippen LogP contribution is -2.58. The third-order valence-electron chi connectivity index (χ3n) is 5.36. The summed E-state index contributed by atoms with van der Waals surface area (Å²) in [5.74, 6) is 0.483. The van der Waals surface area contributed by atoms with Crippen molar-refractivity contribution in [2.75, 3.05) is 55.4 Å². The van der Waals surface area contributed by atoms with E-state index in [0.29, 0.717) is 44.2 Å². The molecule has 11 heteroatoms. The number of hydrogen-bond donors (Lipinski definition) is 1. The monoisotopic (exact) mass is 424 g/mol. The quantitative estimate of drug-likeness (QED) is 0.724. The van der Waals surface area contributed by atoms with Crippen molar-refractivity contribution in [3.63, 3.8) is 0 Å². The second-order valence-corrected chi connectivity index (χ2v) is 9.47. The molecule has 0 bridgehead atoms. The van der Waals surface area contributed by atoms with Crippen LogP contribution < -0.4 is 19.9 Å². The lowest BCUT2D eigenvalue weighted by atomic mass is 10.1.